The number of rotatable bonds is 2. The molecule has 0 N–H and O–H groups in total. The van der Waals surface area contributed by atoms with Crippen LogP contribution in [0.1, 0.15) is 37.7 Å². The Kier molecular flexibility index (Phi) is 2.59. The summed E-state index contributed by atoms with van der Waals surface area (Å²) in [6, 6.07) is 8.23. The quantitative estimate of drug-likeness (QED) is 0.773. The van der Waals surface area contributed by atoms with Crippen LogP contribution in [0.4, 0.5) is 0 Å². The molecular weight excluding hydrogens is 268 g/mol. The van der Waals surface area contributed by atoms with E-state index >= 15 is 0 Å². The molecule has 2 fully saturated rings. The van der Waals surface area contributed by atoms with E-state index in [4.69, 9.17) is 4.74 Å². The maximum Gasteiger partial charge on any atom is 0.222 e. The summed E-state index contributed by atoms with van der Waals surface area (Å²) < 4.78 is 6.28. The van der Waals surface area contributed by atoms with Gasteiger partial charge in [-0.15, -0.1) is 18.3 Å². The third kappa shape index (κ3) is 1.34. The highest BCUT2D eigenvalue weighted by Gasteiger charge is 2.70. The number of benzene rings is 1. The molecule has 0 aromatic heterocycles. The lowest BCUT2D eigenvalue weighted by Crippen LogP contribution is -2.54. The maximum atomic E-state index is 12.7. The predicted octanol–water partition coefficient (Wildman–Crippen LogP) is 3.85. The molecule has 2 aliphatic heterocycles. The molecule has 1 saturated carbocycles. The van der Waals surface area contributed by atoms with Crippen molar-refractivity contribution in [3.63, 3.8) is 0 Å². The van der Waals surface area contributed by atoms with Crippen molar-refractivity contribution in [2.24, 2.45) is 0 Å². The van der Waals surface area contributed by atoms with E-state index in [0.29, 0.717) is 11.7 Å². The van der Waals surface area contributed by atoms with Gasteiger partial charge in [-0.1, -0.05) is 24.3 Å². The van der Waals surface area contributed by atoms with E-state index in [1.54, 1.807) is 11.8 Å². The molecule has 3 heteroatoms. The summed E-state index contributed by atoms with van der Waals surface area (Å²) in [5.41, 5.74) is 1.16. The highest BCUT2D eigenvalue weighted by atomic mass is 32.2. The van der Waals surface area contributed by atoms with Gasteiger partial charge in [0, 0.05) is 17.2 Å². The highest BCUT2D eigenvalue weighted by Crippen LogP contribution is 2.67. The van der Waals surface area contributed by atoms with Gasteiger partial charge in [0.15, 0.2) is 5.78 Å². The molecule has 0 radical (unpaired) electrons. The first kappa shape index (κ1) is 12.5. The number of ether oxygens (including phenoxy) is 1. The summed E-state index contributed by atoms with van der Waals surface area (Å²) in [4.78, 5) is 12.1. The van der Waals surface area contributed by atoms with Crippen molar-refractivity contribution in [3.05, 3.63) is 42.5 Å². The summed E-state index contributed by atoms with van der Waals surface area (Å²) in [7, 11) is 0. The van der Waals surface area contributed by atoms with Crippen LogP contribution >= 0.6 is 11.8 Å². The molecule has 104 valence electrons. The number of carbonyl (C=O) groups excluding carboxylic acids is 1. The van der Waals surface area contributed by atoms with E-state index in [1.807, 2.05) is 18.2 Å². The van der Waals surface area contributed by atoms with Gasteiger partial charge in [0.25, 0.3) is 0 Å². The second kappa shape index (κ2) is 4.14. The number of hydrogen-bond donors (Lipinski definition) is 0. The monoisotopic (exact) mass is 286 g/mol. The summed E-state index contributed by atoms with van der Waals surface area (Å²) in [6.45, 7) is 3.86. The van der Waals surface area contributed by atoms with Crippen LogP contribution in [0.2, 0.25) is 0 Å². The zero-order valence-electron chi connectivity index (χ0n) is 11.4. The zero-order chi connectivity index (χ0) is 13.8. The summed E-state index contributed by atoms with van der Waals surface area (Å²) in [5.74, 6) is 1.21. The minimum Gasteiger partial charge on any atom is -0.468 e. The van der Waals surface area contributed by atoms with E-state index in [2.05, 4.69) is 18.7 Å². The summed E-state index contributed by atoms with van der Waals surface area (Å²) in [5, 5.41) is 0.447. The number of allylic oxidation sites excluding steroid dienone is 1. The predicted molar refractivity (Wildman–Crippen MR) is 81.1 cm³/mol. The van der Waals surface area contributed by atoms with Gasteiger partial charge in [0.05, 0.1) is 5.41 Å². The lowest BCUT2D eigenvalue weighted by atomic mass is 9.65. The molecular formula is C17H18O2S. The average Bonchev–Trinajstić information content (AvgIpc) is 2.89. The lowest BCUT2D eigenvalue weighted by molar-refractivity contribution is -0.132. The van der Waals surface area contributed by atoms with Gasteiger partial charge >= 0.3 is 0 Å². The standard InChI is InChI=1S/C17H18O2S/c1-2-6-12-11-16-10-5-9-15(18)17(16,20-12)19-14-8-4-3-7-13(14)16/h2-4,7-8,12H,1,5-6,9-11H2/t12-,16-,17-/m0/s1. The molecule has 0 amide bonds. The Morgan fingerprint density at radius 3 is 3.15 bits per heavy atom. The average molecular weight is 286 g/mol. The van der Waals surface area contributed by atoms with E-state index in [0.717, 1.165) is 31.4 Å². The molecule has 3 atom stereocenters. The van der Waals surface area contributed by atoms with Crippen molar-refractivity contribution in [1.82, 2.24) is 0 Å². The van der Waals surface area contributed by atoms with Crippen molar-refractivity contribution in [1.29, 1.82) is 0 Å². The number of ketones is 1. The highest BCUT2D eigenvalue weighted by molar-refractivity contribution is 8.02. The molecule has 2 heterocycles. The number of Topliss-reactive ketones (excluding diaryl/α,β-unsaturated/α-hetero) is 1. The van der Waals surface area contributed by atoms with Crippen molar-refractivity contribution in [2.75, 3.05) is 0 Å². The number of thioether (sulfide) groups is 1. The molecule has 0 spiro atoms. The minimum absolute atomic E-state index is 0.0999. The number of fused-ring (bicyclic) bond motifs is 1. The number of para-hydroxylation sites is 1. The normalized spacial score (nSPS) is 37.8. The fraction of sp³-hybridized carbons (Fsp3) is 0.471. The van der Waals surface area contributed by atoms with Gasteiger partial charge < -0.3 is 4.74 Å². The molecule has 1 aliphatic carbocycles. The topological polar surface area (TPSA) is 26.3 Å². The van der Waals surface area contributed by atoms with Crippen molar-refractivity contribution in [3.8, 4) is 5.75 Å². The Hall–Kier alpha value is -1.22. The second-order valence-electron chi connectivity index (χ2n) is 6.04. The first-order valence-electron chi connectivity index (χ1n) is 7.32. The Morgan fingerprint density at radius 1 is 1.45 bits per heavy atom. The van der Waals surface area contributed by atoms with Crippen LogP contribution in [0.3, 0.4) is 0 Å². The molecule has 1 aromatic rings. The lowest BCUT2D eigenvalue weighted by Gasteiger charge is -2.40. The van der Waals surface area contributed by atoms with Crippen molar-refractivity contribution < 1.29 is 9.53 Å². The van der Waals surface area contributed by atoms with Crippen LogP contribution in [0.25, 0.3) is 0 Å². The van der Waals surface area contributed by atoms with Crippen LogP contribution < -0.4 is 4.74 Å². The van der Waals surface area contributed by atoms with Gasteiger partial charge in [-0.3, -0.25) is 4.79 Å². The third-order valence-corrected chi connectivity index (χ3v) is 6.73. The van der Waals surface area contributed by atoms with Gasteiger partial charge in [0.2, 0.25) is 4.93 Å². The third-order valence-electron chi connectivity index (χ3n) is 5.00. The van der Waals surface area contributed by atoms with E-state index < -0.39 is 4.93 Å². The first-order valence-corrected chi connectivity index (χ1v) is 8.20. The van der Waals surface area contributed by atoms with Crippen LogP contribution in [0, 0.1) is 0 Å². The van der Waals surface area contributed by atoms with Gasteiger partial charge in [-0.2, -0.15) is 0 Å². The van der Waals surface area contributed by atoms with E-state index in [1.165, 1.54) is 5.56 Å². The molecule has 2 nitrogen and oxygen atoms in total. The van der Waals surface area contributed by atoms with E-state index in [-0.39, 0.29) is 11.2 Å². The van der Waals surface area contributed by atoms with Crippen LogP contribution in [-0.4, -0.2) is 16.0 Å². The smallest absolute Gasteiger partial charge is 0.222 e. The maximum absolute atomic E-state index is 12.7. The number of carbonyl (C=O) groups is 1. The second-order valence-corrected chi connectivity index (χ2v) is 7.52. The van der Waals surface area contributed by atoms with Gasteiger partial charge in [-0.05, 0) is 31.7 Å². The summed E-state index contributed by atoms with van der Waals surface area (Å²) >= 11 is 1.75. The summed E-state index contributed by atoms with van der Waals surface area (Å²) in [6.07, 6.45) is 6.66. The fourth-order valence-corrected chi connectivity index (χ4v) is 6.21. The van der Waals surface area contributed by atoms with Crippen LogP contribution in [0.15, 0.2) is 36.9 Å². The number of hydrogen-bond acceptors (Lipinski definition) is 3. The molecule has 0 unspecified atom stereocenters. The van der Waals surface area contributed by atoms with E-state index in [9.17, 15) is 4.79 Å². The van der Waals surface area contributed by atoms with Gasteiger partial charge in [-0.25, -0.2) is 0 Å². The molecule has 20 heavy (non-hydrogen) atoms. The molecule has 3 aliphatic rings. The van der Waals surface area contributed by atoms with Crippen LogP contribution in [-0.2, 0) is 10.2 Å². The molecule has 1 aromatic carbocycles. The van der Waals surface area contributed by atoms with Crippen molar-refractivity contribution in [2.45, 2.75) is 47.7 Å². The first-order chi connectivity index (χ1) is 9.72. The van der Waals surface area contributed by atoms with Crippen LogP contribution in [0.5, 0.6) is 5.75 Å². The largest absolute Gasteiger partial charge is 0.468 e. The SMILES string of the molecule is C=CC[C@H]1C[C@]23CCCC(=O)[C@]2(Oc2ccccc23)S1. The Bertz CT molecular complexity index is 596. The fourth-order valence-electron chi connectivity index (χ4n) is 4.25. The molecule has 0 bridgehead atoms. The Morgan fingerprint density at radius 2 is 2.30 bits per heavy atom. The minimum atomic E-state index is -0.650. The van der Waals surface area contributed by atoms with Crippen molar-refractivity contribution >= 4 is 17.5 Å². The Labute approximate surface area is 123 Å². The molecule has 4 rings (SSSR count). The zero-order valence-corrected chi connectivity index (χ0v) is 12.2. The molecule has 1 saturated heterocycles. The van der Waals surface area contributed by atoms with Gasteiger partial charge in [0.1, 0.15) is 5.75 Å². The Balaban J connectivity index is 1.88.